The highest BCUT2D eigenvalue weighted by molar-refractivity contribution is 9.10. The molecule has 0 spiro atoms. The normalized spacial score (nSPS) is 19.2. The van der Waals surface area contributed by atoms with Crippen LogP contribution in [-0.2, 0) is 16.1 Å². The van der Waals surface area contributed by atoms with Crippen LogP contribution in [-0.4, -0.2) is 29.1 Å². The van der Waals surface area contributed by atoms with Crippen LogP contribution in [0.15, 0.2) is 71.2 Å². The van der Waals surface area contributed by atoms with Gasteiger partial charge in [0, 0.05) is 29.7 Å². The predicted molar refractivity (Wildman–Crippen MR) is 112 cm³/mol. The number of halogens is 1. The number of carbonyl (C=O) groups is 2. The Hall–Kier alpha value is -2.70. The lowest BCUT2D eigenvalue weighted by Gasteiger charge is -2.22. The summed E-state index contributed by atoms with van der Waals surface area (Å²) in [6, 6.07) is 21.0. The van der Waals surface area contributed by atoms with Crippen LogP contribution in [0.25, 0.3) is 10.8 Å². The molecule has 1 atom stereocenters. The van der Waals surface area contributed by atoms with E-state index in [4.69, 9.17) is 0 Å². The summed E-state index contributed by atoms with van der Waals surface area (Å²) in [6.45, 7) is 0.530. The Kier molecular flexibility index (Phi) is 4.91. The Morgan fingerprint density at radius 2 is 1.86 bits per heavy atom. The van der Waals surface area contributed by atoms with Gasteiger partial charge in [0.1, 0.15) is 0 Å². The molecule has 0 aliphatic carbocycles. The van der Waals surface area contributed by atoms with Crippen LogP contribution in [0.1, 0.15) is 12.0 Å². The Labute approximate surface area is 171 Å². The van der Waals surface area contributed by atoms with Crippen molar-refractivity contribution in [3.8, 4) is 0 Å². The van der Waals surface area contributed by atoms with Gasteiger partial charge in [-0.1, -0.05) is 58.4 Å². The fourth-order valence-corrected chi connectivity index (χ4v) is 3.93. The molecule has 142 valence electrons. The number of aliphatic hydroxyl groups is 1. The van der Waals surface area contributed by atoms with E-state index in [0.29, 0.717) is 5.69 Å². The molecule has 0 saturated carbocycles. The van der Waals surface area contributed by atoms with Crippen molar-refractivity contribution in [1.29, 1.82) is 0 Å². The van der Waals surface area contributed by atoms with Gasteiger partial charge in [0.2, 0.25) is 5.60 Å². The van der Waals surface area contributed by atoms with Crippen LogP contribution in [0.3, 0.4) is 0 Å². The van der Waals surface area contributed by atoms with E-state index in [1.54, 1.807) is 0 Å². The van der Waals surface area contributed by atoms with Gasteiger partial charge >= 0.3 is 0 Å². The van der Waals surface area contributed by atoms with Crippen molar-refractivity contribution in [2.45, 2.75) is 18.6 Å². The second-order valence-electron chi connectivity index (χ2n) is 6.91. The zero-order valence-electron chi connectivity index (χ0n) is 15.1. The fraction of sp³-hybridized carbons (Fsp3) is 0.182. The lowest BCUT2D eigenvalue weighted by Crippen LogP contribution is -2.52. The molecule has 1 fully saturated rings. The van der Waals surface area contributed by atoms with Gasteiger partial charge in [-0.2, -0.15) is 0 Å². The molecule has 5 nitrogen and oxygen atoms in total. The van der Waals surface area contributed by atoms with Crippen LogP contribution in [0, 0.1) is 0 Å². The smallest absolute Gasteiger partial charge is 0.268 e. The molecule has 1 aliphatic heterocycles. The number of benzene rings is 3. The molecule has 3 aromatic carbocycles. The van der Waals surface area contributed by atoms with Crippen molar-refractivity contribution >= 4 is 44.2 Å². The minimum Gasteiger partial charge on any atom is -0.372 e. The van der Waals surface area contributed by atoms with Crippen LogP contribution in [0.4, 0.5) is 5.69 Å². The third-order valence-electron chi connectivity index (χ3n) is 5.06. The number of hydrogen-bond donors (Lipinski definition) is 2. The van der Waals surface area contributed by atoms with Gasteiger partial charge in [0.15, 0.2) is 0 Å². The lowest BCUT2D eigenvalue weighted by molar-refractivity contribution is -0.149. The minimum atomic E-state index is -2.04. The van der Waals surface area contributed by atoms with Crippen LogP contribution in [0.5, 0.6) is 0 Å². The van der Waals surface area contributed by atoms with Gasteiger partial charge in [-0.3, -0.25) is 9.59 Å². The molecule has 6 heteroatoms. The highest BCUT2D eigenvalue weighted by Gasteiger charge is 2.51. The standard InChI is InChI=1S/C22H19BrN2O3/c23-18-7-3-4-15(12-18)14-24-20(26)22(28)10-11-25(21(22)27)19-9-8-16-5-1-2-6-17(16)13-19/h1-9,12-13,28H,10-11,14H2,(H,24,26)/t22-/m0/s1. The molecule has 3 aromatic rings. The van der Waals surface area contributed by atoms with Gasteiger partial charge in [-0.25, -0.2) is 0 Å². The number of carbonyl (C=O) groups excluding carboxylic acids is 2. The van der Waals surface area contributed by atoms with E-state index in [-0.39, 0.29) is 19.5 Å². The topological polar surface area (TPSA) is 69.6 Å². The maximum Gasteiger partial charge on any atom is 0.268 e. The molecule has 2 N–H and O–H groups in total. The number of fused-ring (bicyclic) bond motifs is 1. The van der Waals surface area contributed by atoms with Crippen LogP contribution >= 0.6 is 15.9 Å². The van der Waals surface area contributed by atoms with Crippen LogP contribution < -0.4 is 10.2 Å². The van der Waals surface area contributed by atoms with E-state index in [0.717, 1.165) is 20.8 Å². The first kappa shape index (κ1) is 18.7. The highest BCUT2D eigenvalue weighted by Crippen LogP contribution is 2.30. The van der Waals surface area contributed by atoms with Crippen molar-refractivity contribution in [3.05, 3.63) is 76.8 Å². The van der Waals surface area contributed by atoms with E-state index in [1.807, 2.05) is 66.7 Å². The van der Waals surface area contributed by atoms with E-state index in [2.05, 4.69) is 21.2 Å². The van der Waals surface area contributed by atoms with E-state index < -0.39 is 17.4 Å². The number of amides is 2. The summed E-state index contributed by atoms with van der Waals surface area (Å²) in [5.41, 5.74) is -0.486. The molecule has 0 aromatic heterocycles. The second-order valence-corrected chi connectivity index (χ2v) is 7.83. The summed E-state index contributed by atoms with van der Waals surface area (Å²) in [5.74, 6) is -1.25. The first-order valence-corrected chi connectivity index (χ1v) is 9.82. The van der Waals surface area contributed by atoms with E-state index in [9.17, 15) is 14.7 Å². The SMILES string of the molecule is O=C(NCc1cccc(Br)c1)[C@@]1(O)CCN(c2ccc3ccccc3c2)C1=O. The summed E-state index contributed by atoms with van der Waals surface area (Å²) in [4.78, 5) is 27.0. The molecular weight excluding hydrogens is 420 g/mol. The summed E-state index contributed by atoms with van der Waals surface area (Å²) in [6.07, 6.45) is 0.0585. The minimum absolute atomic E-state index is 0.0585. The first-order valence-electron chi connectivity index (χ1n) is 9.03. The lowest BCUT2D eigenvalue weighted by atomic mass is 10.0. The Balaban J connectivity index is 1.50. The van der Waals surface area contributed by atoms with E-state index >= 15 is 0 Å². The summed E-state index contributed by atoms with van der Waals surface area (Å²) in [5, 5.41) is 15.5. The number of nitrogens with zero attached hydrogens (tertiary/aromatic N) is 1. The zero-order valence-corrected chi connectivity index (χ0v) is 16.6. The van der Waals surface area contributed by atoms with Crippen LogP contribution in [0.2, 0.25) is 0 Å². The summed E-state index contributed by atoms with van der Waals surface area (Å²) < 4.78 is 0.900. The van der Waals surface area contributed by atoms with Gasteiger partial charge < -0.3 is 15.3 Å². The molecule has 0 unspecified atom stereocenters. The monoisotopic (exact) mass is 438 g/mol. The number of rotatable bonds is 4. The Morgan fingerprint density at radius 1 is 1.07 bits per heavy atom. The number of anilines is 1. The highest BCUT2D eigenvalue weighted by atomic mass is 79.9. The zero-order chi connectivity index (χ0) is 19.7. The second kappa shape index (κ2) is 7.37. The van der Waals surface area contributed by atoms with Gasteiger partial charge in [-0.05, 0) is 40.6 Å². The molecule has 4 rings (SSSR count). The average molecular weight is 439 g/mol. The molecular formula is C22H19BrN2O3. The molecule has 0 radical (unpaired) electrons. The Morgan fingerprint density at radius 3 is 2.64 bits per heavy atom. The van der Waals surface area contributed by atoms with Crippen molar-refractivity contribution < 1.29 is 14.7 Å². The van der Waals surface area contributed by atoms with Crippen molar-refractivity contribution in [2.75, 3.05) is 11.4 Å². The molecule has 28 heavy (non-hydrogen) atoms. The van der Waals surface area contributed by atoms with Gasteiger partial charge in [0.25, 0.3) is 11.8 Å². The summed E-state index contributed by atoms with van der Waals surface area (Å²) >= 11 is 3.38. The quantitative estimate of drug-likeness (QED) is 0.613. The van der Waals surface area contributed by atoms with Gasteiger partial charge in [0.05, 0.1) is 0 Å². The average Bonchev–Trinajstić information content (AvgIpc) is 3.02. The van der Waals surface area contributed by atoms with Crippen molar-refractivity contribution in [3.63, 3.8) is 0 Å². The third kappa shape index (κ3) is 3.41. The van der Waals surface area contributed by atoms with Crippen molar-refractivity contribution in [2.24, 2.45) is 0 Å². The third-order valence-corrected chi connectivity index (χ3v) is 5.55. The maximum absolute atomic E-state index is 12.9. The van der Waals surface area contributed by atoms with Gasteiger partial charge in [-0.15, -0.1) is 0 Å². The largest absolute Gasteiger partial charge is 0.372 e. The summed E-state index contributed by atoms with van der Waals surface area (Å²) in [7, 11) is 0. The molecule has 1 saturated heterocycles. The molecule has 1 aliphatic rings. The Bertz CT molecular complexity index is 1070. The van der Waals surface area contributed by atoms with Crippen molar-refractivity contribution in [1.82, 2.24) is 5.32 Å². The number of hydrogen-bond acceptors (Lipinski definition) is 3. The first-order chi connectivity index (χ1) is 13.5. The predicted octanol–water partition coefficient (Wildman–Crippen LogP) is 3.39. The molecule has 2 amide bonds. The molecule has 1 heterocycles. The maximum atomic E-state index is 12.9. The molecule has 0 bridgehead atoms. The van der Waals surface area contributed by atoms with E-state index in [1.165, 1.54) is 4.90 Å². The number of nitrogens with one attached hydrogen (secondary N) is 1. The fourth-order valence-electron chi connectivity index (χ4n) is 3.48.